The molecule has 0 saturated heterocycles. The highest BCUT2D eigenvalue weighted by Gasteiger charge is 2.45. The maximum Gasteiger partial charge on any atom is 0.214 e. The van der Waals surface area contributed by atoms with E-state index in [0.717, 1.165) is 27.8 Å². The van der Waals surface area contributed by atoms with Crippen molar-refractivity contribution in [3.05, 3.63) is 117 Å². The van der Waals surface area contributed by atoms with E-state index in [1.165, 1.54) is 0 Å². The molecule has 0 bridgehead atoms. The second kappa shape index (κ2) is 10.1. The van der Waals surface area contributed by atoms with Crippen molar-refractivity contribution in [2.24, 2.45) is 0 Å². The van der Waals surface area contributed by atoms with Crippen LogP contribution in [0, 0.1) is 0 Å². The molecule has 2 N–H and O–H groups in total. The van der Waals surface area contributed by atoms with Crippen LogP contribution < -0.4 is 0 Å². The minimum Gasteiger partial charge on any atom is -0.493 e. The van der Waals surface area contributed by atoms with Gasteiger partial charge in [0.15, 0.2) is 0 Å². The molecule has 2 heterocycles. The average molecular weight is 493 g/mol. The minimum atomic E-state index is -1.41. The third-order valence-electron chi connectivity index (χ3n) is 6.70. The summed E-state index contributed by atoms with van der Waals surface area (Å²) in [4.78, 5) is 6.42. The van der Waals surface area contributed by atoms with Gasteiger partial charge in [0.1, 0.15) is 5.60 Å². The number of aliphatic hydroxyl groups is 1. The van der Waals surface area contributed by atoms with Crippen LogP contribution in [0.2, 0.25) is 0 Å². The van der Waals surface area contributed by atoms with Crippen molar-refractivity contribution in [1.29, 1.82) is 0 Å². The third kappa shape index (κ3) is 4.59. The van der Waals surface area contributed by atoms with Crippen molar-refractivity contribution >= 4 is 23.0 Å². The maximum atomic E-state index is 12.8. The summed E-state index contributed by atoms with van der Waals surface area (Å²) in [6, 6.07) is 21.8. The number of nitrogens with zero attached hydrogens (tertiary/aromatic N) is 2. The number of hydrogen-bond acceptors (Lipinski definition) is 5. The molecule has 2 aromatic heterocycles. The zero-order valence-electron chi connectivity index (χ0n) is 20.3. The summed E-state index contributed by atoms with van der Waals surface area (Å²) in [5.74, 6) is -0.685. The Balaban J connectivity index is 1.77. The van der Waals surface area contributed by atoms with Gasteiger partial charge in [-0.15, -0.1) is 0 Å². The van der Waals surface area contributed by atoms with E-state index in [1.807, 2.05) is 92.3 Å². The van der Waals surface area contributed by atoms with Gasteiger partial charge in [-0.05, 0) is 71.7 Å². The molecule has 1 aliphatic rings. The highest BCUT2D eigenvalue weighted by atomic mass is 32.1. The molecule has 180 valence electrons. The molecule has 4 aromatic rings. The number of aromatic nitrogens is 1. The topological polar surface area (TPSA) is 56.6 Å². The fourth-order valence-corrected chi connectivity index (χ4v) is 5.55. The van der Waals surface area contributed by atoms with E-state index in [1.54, 1.807) is 17.5 Å². The van der Waals surface area contributed by atoms with Gasteiger partial charge in [0.25, 0.3) is 0 Å². The Hall–Kier alpha value is -3.69. The van der Waals surface area contributed by atoms with Gasteiger partial charge in [-0.3, -0.25) is 0 Å². The number of rotatable bonds is 8. The first kappa shape index (κ1) is 24.0. The molecular formula is C31H28N2O2S. The third-order valence-corrected chi connectivity index (χ3v) is 7.38. The average Bonchev–Trinajstić information content (AvgIpc) is 3.44. The number of benzene rings is 2. The van der Waals surface area contributed by atoms with E-state index >= 15 is 0 Å². The lowest BCUT2D eigenvalue weighted by molar-refractivity contribution is 0.0659. The summed E-state index contributed by atoms with van der Waals surface area (Å²) in [5.41, 5.74) is 10.9. The molecule has 0 saturated carbocycles. The summed E-state index contributed by atoms with van der Waals surface area (Å²) in [7, 11) is 3.99. The second-order valence-electron chi connectivity index (χ2n) is 9.35. The first-order valence-electron chi connectivity index (χ1n) is 11.9. The molecule has 36 heavy (non-hydrogen) atoms. The van der Waals surface area contributed by atoms with Crippen molar-refractivity contribution in [2.75, 3.05) is 20.6 Å². The molecule has 4 nitrogen and oxygen atoms in total. The Kier molecular flexibility index (Phi) is 6.75. The fourth-order valence-electron chi connectivity index (χ4n) is 4.88. The summed E-state index contributed by atoms with van der Waals surface area (Å²) < 4.78 is 0. The van der Waals surface area contributed by atoms with Crippen molar-refractivity contribution in [2.45, 2.75) is 17.9 Å². The highest BCUT2D eigenvalue weighted by Crippen LogP contribution is 2.48. The monoisotopic (exact) mass is 492 g/mol. The lowest BCUT2D eigenvalue weighted by Crippen LogP contribution is -2.41. The second-order valence-corrected chi connectivity index (χ2v) is 10.1. The zero-order valence-corrected chi connectivity index (χ0v) is 21.2. The molecule has 2 aromatic carbocycles. The van der Waals surface area contributed by atoms with Crippen LogP contribution in [-0.2, 0) is 0 Å². The van der Waals surface area contributed by atoms with Crippen LogP contribution in [0.25, 0.3) is 22.8 Å². The van der Waals surface area contributed by atoms with Crippen LogP contribution in [0.3, 0.4) is 0 Å². The van der Waals surface area contributed by atoms with Crippen molar-refractivity contribution in [3.63, 3.8) is 0 Å². The quantitative estimate of drug-likeness (QED) is 0.288. The number of hydrogen-bond donors (Lipinski definition) is 2. The first-order valence-corrected chi connectivity index (χ1v) is 12.9. The van der Waals surface area contributed by atoms with Gasteiger partial charge in [-0.1, -0.05) is 66.1 Å². The van der Waals surface area contributed by atoms with Crippen LogP contribution in [-0.4, -0.2) is 46.3 Å². The molecule has 0 fully saturated rings. The smallest absolute Gasteiger partial charge is 0.214 e. The van der Waals surface area contributed by atoms with Gasteiger partial charge in [0.2, 0.25) is 5.88 Å². The largest absolute Gasteiger partial charge is 0.493 e. The van der Waals surface area contributed by atoms with Gasteiger partial charge in [-0.2, -0.15) is 11.3 Å². The Bertz CT molecular complexity index is 1460. The molecule has 5 rings (SSSR count). The van der Waals surface area contributed by atoms with E-state index in [0.29, 0.717) is 24.1 Å². The summed E-state index contributed by atoms with van der Waals surface area (Å²) in [5, 5.41) is 28.0. The van der Waals surface area contributed by atoms with Gasteiger partial charge in [0, 0.05) is 35.4 Å². The Morgan fingerprint density at radius 2 is 1.81 bits per heavy atom. The van der Waals surface area contributed by atoms with Crippen LogP contribution in [0.15, 0.2) is 95.1 Å². The van der Waals surface area contributed by atoms with Gasteiger partial charge < -0.3 is 15.1 Å². The summed E-state index contributed by atoms with van der Waals surface area (Å²) >= 11 is 1.61. The van der Waals surface area contributed by atoms with Gasteiger partial charge >= 0.3 is 0 Å². The molecule has 0 aliphatic heterocycles. The molecule has 2 unspecified atom stereocenters. The van der Waals surface area contributed by atoms with E-state index in [4.69, 9.17) is 0 Å². The standard InChI is InChI=1S/C31H28N2O2S/c1-33(2)17-16-31(35,28-14-8-12-22-9-6-7-13-26(22)28)29(23-10-4-3-5-11-23)27-19-25(20-32-30(27)34)24-15-18-36-21-24/h3-7,9-13,15,18-21,29,35H,16-17H2,1-2H3,(H,32,34). The number of thiophene rings is 1. The summed E-state index contributed by atoms with van der Waals surface area (Å²) in [6.45, 7) is 0.634. The van der Waals surface area contributed by atoms with Crippen LogP contribution >= 0.6 is 11.3 Å². The molecule has 2 atom stereocenters. The van der Waals surface area contributed by atoms with Crippen LogP contribution in [0.1, 0.15) is 34.6 Å². The van der Waals surface area contributed by atoms with Crippen molar-refractivity contribution < 1.29 is 10.2 Å². The Morgan fingerprint density at radius 3 is 2.56 bits per heavy atom. The Morgan fingerprint density at radius 1 is 1.03 bits per heavy atom. The molecule has 0 amide bonds. The molecule has 0 radical (unpaired) electrons. The van der Waals surface area contributed by atoms with Gasteiger partial charge in [-0.25, -0.2) is 4.98 Å². The van der Waals surface area contributed by atoms with E-state index in [-0.39, 0.29) is 5.88 Å². The highest BCUT2D eigenvalue weighted by molar-refractivity contribution is 7.08. The normalized spacial score (nSPS) is 14.8. The van der Waals surface area contributed by atoms with E-state index < -0.39 is 11.5 Å². The SMILES string of the molecule is CN(C)CCC(O)(C1=C=C=Cc2ccccc21)C(c1ccccc1)c1cc(-c2ccsc2)cnc1O. The number of fused-ring (bicyclic) bond motifs is 1. The van der Waals surface area contributed by atoms with Gasteiger partial charge in [0.05, 0.1) is 0 Å². The van der Waals surface area contributed by atoms with Crippen molar-refractivity contribution in [3.8, 4) is 17.0 Å². The Labute approximate surface area is 215 Å². The molecular weight excluding hydrogens is 464 g/mol. The lowest BCUT2D eigenvalue weighted by Gasteiger charge is -2.39. The molecule has 5 heteroatoms. The molecule has 0 spiro atoms. The summed E-state index contributed by atoms with van der Waals surface area (Å²) in [6.07, 6.45) is 3.98. The van der Waals surface area contributed by atoms with Crippen LogP contribution in [0.5, 0.6) is 5.88 Å². The van der Waals surface area contributed by atoms with E-state index in [9.17, 15) is 10.2 Å². The predicted octanol–water partition coefficient (Wildman–Crippen LogP) is 6.19. The number of aromatic hydroxyl groups is 1. The first-order chi connectivity index (χ1) is 17.5. The lowest BCUT2D eigenvalue weighted by atomic mass is 9.69. The van der Waals surface area contributed by atoms with E-state index in [2.05, 4.69) is 26.7 Å². The fraction of sp³-hybridized carbons (Fsp3) is 0.194. The molecule has 1 aliphatic carbocycles. The minimum absolute atomic E-state index is 0.0877. The maximum absolute atomic E-state index is 12.8. The van der Waals surface area contributed by atoms with Crippen molar-refractivity contribution in [1.82, 2.24) is 9.88 Å². The zero-order chi connectivity index (χ0) is 25.1. The predicted molar refractivity (Wildman–Crippen MR) is 147 cm³/mol. The van der Waals surface area contributed by atoms with Crippen LogP contribution in [0.4, 0.5) is 0 Å². The number of pyridine rings is 1.